The van der Waals surface area contributed by atoms with Crippen LogP contribution in [0, 0.1) is 13.8 Å². The predicted molar refractivity (Wildman–Crippen MR) is 100 cm³/mol. The number of piperazine rings is 1. The molecule has 2 aromatic heterocycles. The smallest absolute Gasteiger partial charge is 0.339 e. The lowest BCUT2D eigenvalue weighted by molar-refractivity contribution is -0.139. The molecule has 3 heterocycles. The molecular formula is C19H24F3N5O2. The van der Waals surface area contributed by atoms with Gasteiger partial charge in [0.05, 0.1) is 11.3 Å². The van der Waals surface area contributed by atoms with Gasteiger partial charge in [-0.2, -0.15) is 18.3 Å². The fourth-order valence-corrected chi connectivity index (χ4v) is 3.49. The Balaban J connectivity index is 1.60. The zero-order valence-electron chi connectivity index (χ0n) is 16.7. The van der Waals surface area contributed by atoms with Crippen molar-refractivity contribution >= 4 is 5.91 Å². The van der Waals surface area contributed by atoms with Crippen molar-refractivity contribution in [3.8, 4) is 0 Å². The summed E-state index contributed by atoms with van der Waals surface area (Å²) in [6.07, 6.45) is -3.86. The molecule has 3 rings (SSSR count). The van der Waals surface area contributed by atoms with Gasteiger partial charge in [0.15, 0.2) is 0 Å². The van der Waals surface area contributed by atoms with Crippen LogP contribution in [0.3, 0.4) is 0 Å². The highest BCUT2D eigenvalue weighted by Gasteiger charge is 2.31. The molecule has 10 heteroatoms. The first-order chi connectivity index (χ1) is 13.6. The van der Waals surface area contributed by atoms with Crippen molar-refractivity contribution in [3.63, 3.8) is 0 Å². The molecule has 2 aromatic rings. The number of pyridine rings is 1. The zero-order chi connectivity index (χ0) is 21.3. The summed E-state index contributed by atoms with van der Waals surface area (Å²) in [7, 11) is 1.90. The molecule has 1 aliphatic rings. The van der Waals surface area contributed by atoms with Crippen LogP contribution in [0.5, 0.6) is 0 Å². The third-order valence-electron chi connectivity index (χ3n) is 5.38. The van der Waals surface area contributed by atoms with Gasteiger partial charge in [-0.1, -0.05) is 0 Å². The Kier molecular flexibility index (Phi) is 5.83. The average molecular weight is 411 g/mol. The SMILES string of the molecule is Cc1nn(C)c(C)c1CN1CCN(C(=O)Cn2cc(C(F)(F)F)ccc2=O)CC1. The number of halogens is 3. The highest BCUT2D eigenvalue weighted by atomic mass is 19.4. The lowest BCUT2D eigenvalue weighted by Crippen LogP contribution is -2.49. The fraction of sp³-hybridized carbons (Fsp3) is 0.526. The van der Waals surface area contributed by atoms with Crippen molar-refractivity contribution < 1.29 is 18.0 Å². The van der Waals surface area contributed by atoms with Crippen LogP contribution in [0.1, 0.15) is 22.5 Å². The van der Waals surface area contributed by atoms with Crippen molar-refractivity contribution in [1.29, 1.82) is 0 Å². The summed E-state index contributed by atoms with van der Waals surface area (Å²) in [5.74, 6) is -0.361. The maximum atomic E-state index is 12.8. The number of rotatable bonds is 4. The van der Waals surface area contributed by atoms with Crippen LogP contribution in [-0.2, 0) is 31.1 Å². The maximum Gasteiger partial charge on any atom is 0.417 e. The van der Waals surface area contributed by atoms with Gasteiger partial charge in [0, 0.05) is 63.3 Å². The summed E-state index contributed by atoms with van der Waals surface area (Å²) in [5, 5.41) is 4.41. The molecule has 0 radical (unpaired) electrons. The van der Waals surface area contributed by atoms with Crippen LogP contribution in [0.2, 0.25) is 0 Å². The Morgan fingerprint density at radius 1 is 1.14 bits per heavy atom. The summed E-state index contributed by atoms with van der Waals surface area (Å²) in [6, 6.07) is 1.57. The highest BCUT2D eigenvalue weighted by molar-refractivity contribution is 5.76. The first-order valence-corrected chi connectivity index (χ1v) is 9.33. The molecule has 0 aliphatic carbocycles. The minimum atomic E-state index is -4.56. The molecule has 0 atom stereocenters. The quantitative estimate of drug-likeness (QED) is 0.766. The molecule has 0 spiro atoms. The molecule has 1 amide bonds. The third-order valence-corrected chi connectivity index (χ3v) is 5.38. The Labute approximate surface area is 166 Å². The standard InChI is InChI=1S/C19H24F3N5O2/c1-13-16(14(2)24(3)23-13)11-25-6-8-26(9-7-25)18(29)12-27-10-15(19(20,21)22)4-5-17(27)28/h4-5,10H,6-9,11-12H2,1-3H3. The van der Waals surface area contributed by atoms with Crippen molar-refractivity contribution in [1.82, 2.24) is 24.1 Å². The second-order valence-electron chi connectivity index (χ2n) is 7.31. The second kappa shape index (κ2) is 8.02. The van der Waals surface area contributed by atoms with E-state index in [1.807, 2.05) is 25.6 Å². The van der Waals surface area contributed by atoms with Gasteiger partial charge in [0.2, 0.25) is 5.91 Å². The molecule has 1 saturated heterocycles. The van der Waals surface area contributed by atoms with E-state index in [-0.39, 0.29) is 5.91 Å². The van der Waals surface area contributed by atoms with Crippen LogP contribution in [-0.4, -0.2) is 56.2 Å². The zero-order valence-corrected chi connectivity index (χ0v) is 16.7. The number of hydrogen-bond acceptors (Lipinski definition) is 4. The van der Waals surface area contributed by atoms with E-state index in [1.54, 1.807) is 4.90 Å². The van der Waals surface area contributed by atoms with E-state index in [1.165, 1.54) is 5.56 Å². The van der Waals surface area contributed by atoms with Gasteiger partial charge in [-0.15, -0.1) is 0 Å². The van der Waals surface area contributed by atoms with Gasteiger partial charge in [-0.3, -0.25) is 19.2 Å². The second-order valence-corrected chi connectivity index (χ2v) is 7.31. The summed E-state index contributed by atoms with van der Waals surface area (Å²) < 4.78 is 41.2. The number of carbonyl (C=O) groups excluding carboxylic acids is 1. The van der Waals surface area contributed by atoms with E-state index in [0.717, 1.165) is 34.6 Å². The highest BCUT2D eigenvalue weighted by Crippen LogP contribution is 2.28. The average Bonchev–Trinajstić information content (AvgIpc) is 2.89. The van der Waals surface area contributed by atoms with Crippen molar-refractivity contribution in [3.05, 3.63) is 51.2 Å². The van der Waals surface area contributed by atoms with E-state index in [0.29, 0.717) is 32.4 Å². The van der Waals surface area contributed by atoms with Crippen LogP contribution >= 0.6 is 0 Å². The van der Waals surface area contributed by atoms with Gasteiger partial charge in [0.25, 0.3) is 5.56 Å². The summed E-state index contributed by atoms with van der Waals surface area (Å²) >= 11 is 0. The van der Waals surface area contributed by atoms with E-state index < -0.39 is 23.8 Å². The maximum absolute atomic E-state index is 12.8. The lowest BCUT2D eigenvalue weighted by Gasteiger charge is -2.35. The monoisotopic (exact) mass is 411 g/mol. The van der Waals surface area contributed by atoms with Crippen LogP contribution in [0.15, 0.2) is 23.1 Å². The molecule has 0 bridgehead atoms. The minimum absolute atomic E-state index is 0.361. The lowest BCUT2D eigenvalue weighted by atomic mass is 10.1. The number of amides is 1. The van der Waals surface area contributed by atoms with Gasteiger partial charge < -0.3 is 9.47 Å². The van der Waals surface area contributed by atoms with Crippen molar-refractivity contribution in [2.45, 2.75) is 33.1 Å². The van der Waals surface area contributed by atoms with E-state index in [2.05, 4.69) is 10.00 Å². The molecule has 7 nitrogen and oxygen atoms in total. The largest absolute Gasteiger partial charge is 0.417 e. The Bertz CT molecular complexity index is 956. The van der Waals surface area contributed by atoms with Gasteiger partial charge in [0.1, 0.15) is 6.54 Å². The first-order valence-electron chi connectivity index (χ1n) is 9.33. The minimum Gasteiger partial charge on any atom is -0.339 e. The van der Waals surface area contributed by atoms with Crippen LogP contribution < -0.4 is 5.56 Å². The van der Waals surface area contributed by atoms with Crippen molar-refractivity contribution in [2.24, 2.45) is 7.05 Å². The van der Waals surface area contributed by atoms with E-state index >= 15 is 0 Å². The van der Waals surface area contributed by atoms with Gasteiger partial charge >= 0.3 is 6.18 Å². The molecule has 0 N–H and O–H groups in total. The third kappa shape index (κ3) is 4.69. The summed E-state index contributed by atoms with van der Waals surface area (Å²) in [5.41, 5.74) is 1.67. The number of aryl methyl sites for hydroxylation is 2. The molecule has 1 aliphatic heterocycles. The number of nitrogens with zero attached hydrogens (tertiary/aromatic N) is 5. The Morgan fingerprint density at radius 3 is 2.34 bits per heavy atom. The van der Waals surface area contributed by atoms with Crippen LogP contribution in [0.25, 0.3) is 0 Å². The molecule has 0 aromatic carbocycles. The summed E-state index contributed by atoms with van der Waals surface area (Å²) in [4.78, 5) is 28.2. The number of alkyl halides is 3. The van der Waals surface area contributed by atoms with Gasteiger partial charge in [-0.25, -0.2) is 0 Å². The number of carbonyl (C=O) groups is 1. The summed E-state index contributed by atoms with van der Waals surface area (Å²) in [6.45, 7) is 6.55. The molecule has 0 unspecified atom stereocenters. The fourth-order valence-electron chi connectivity index (χ4n) is 3.49. The molecule has 1 fully saturated rings. The Morgan fingerprint density at radius 2 is 1.79 bits per heavy atom. The molecular weight excluding hydrogens is 387 g/mol. The first kappa shape index (κ1) is 21.1. The Hall–Kier alpha value is -2.62. The number of aromatic nitrogens is 3. The van der Waals surface area contributed by atoms with Crippen LogP contribution in [0.4, 0.5) is 13.2 Å². The number of hydrogen-bond donors (Lipinski definition) is 0. The molecule has 158 valence electrons. The normalized spacial score (nSPS) is 15.7. The van der Waals surface area contributed by atoms with Crippen molar-refractivity contribution in [2.75, 3.05) is 26.2 Å². The van der Waals surface area contributed by atoms with E-state index in [4.69, 9.17) is 0 Å². The van der Waals surface area contributed by atoms with Gasteiger partial charge in [-0.05, 0) is 19.9 Å². The molecule has 0 saturated carbocycles. The topological polar surface area (TPSA) is 63.4 Å². The van der Waals surface area contributed by atoms with E-state index in [9.17, 15) is 22.8 Å². The molecule has 29 heavy (non-hydrogen) atoms. The predicted octanol–water partition coefficient (Wildman–Crippen LogP) is 1.56.